The van der Waals surface area contributed by atoms with Crippen molar-refractivity contribution in [2.75, 3.05) is 0 Å². The number of nitrogens with zero attached hydrogens (tertiary/aromatic N) is 5. The molecule has 0 aliphatic carbocycles. The Morgan fingerprint density at radius 2 is 0.667 bits per heavy atom. The second kappa shape index (κ2) is 12.3. The number of para-hydroxylation sites is 6. The zero-order valence-corrected chi connectivity index (χ0v) is 33.3. The minimum absolute atomic E-state index is 0.356. The van der Waals surface area contributed by atoms with Crippen molar-refractivity contribution in [3.63, 3.8) is 0 Å². The van der Waals surface area contributed by atoms with E-state index in [2.05, 4.69) is 145 Å². The van der Waals surface area contributed by atoms with Gasteiger partial charge in [0.15, 0.2) is 0 Å². The summed E-state index contributed by atoms with van der Waals surface area (Å²) >= 11 is 0. The molecule has 5 aromatic heterocycles. The van der Waals surface area contributed by atoms with Crippen molar-refractivity contribution in [3.8, 4) is 17.1 Å². The fourth-order valence-electron chi connectivity index (χ4n) is 10.6. The first-order chi connectivity index (χ1) is 31.2. The summed E-state index contributed by atoms with van der Waals surface area (Å²) in [6.07, 6.45) is 0. The largest absolute Gasteiger partial charge is 0.455 e. The molecule has 0 aliphatic rings. The molecule has 7 heteroatoms. The normalized spacial score (nSPS) is 12.1. The Morgan fingerprint density at radius 3 is 1.10 bits per heavy atom. The summed E-state index contributed by atoms with van der Waals surface area (Å²) in [6, 6.07) is 60.2. The molecule has 0 aliphatic heterocycles. The summed E-state index contributed by atoms with van der Waals surface area (Å²) in [4.78, 5) is 8.63. The number of aromatic nitrogens is 3. The van der Waals surface area contributed by atoms with Gasteiger partial charge in [0.25, 0.3) is 0 Å². The summed E-state index contributed by atoms with van der Waals surface area (Å²) in [7, 11) is 0. The van der Waals surface area contributed by atoms with Gasteiger partial charge in [-0.25, -0.2) is 9.69 Å². The van der Waals surface area contributed by atoms with E-state index in [1.807, 2.05) is 48.5 Å². The average Bonchev–Trinajstić information content (AvgIpc) is 4.14. The Bertz CT molecular complexity index is 4140. The maximum atomic E-state index is 8.94. The van der Waals surface area contributed by atoms with Gasteiger partial charge in [0.2, 0.25) is 11.4 Å². The lowest BCUT2D eigenvalue weighted by molar-refractivity contribution is 0.672. The van der Waals surface area contributed by atoms with E-state index in [1.54, 1.807) is 6.07 Å². The molecule has 5 heterocycles. The van der Waals surface area contributed by atoms with Gasteiger partial charge in [-0.15, -0.1) is 0 Å². The van der Waals surface area contributed by atoms with Gasteiger partial charge >= 0.3 is 0 Å². The van der Waals surface area contributed by atoms with Gasteiger partial charge in [0, 0.05) is 43.1 Å². The van der Waals surface area contributed by atoms with Crippen molar-refractivity contribution in [1.29, 1.82) is 0 Å². The SMILES string of the molecule is [C-]#[N+]c1cc([N+]#[C-])c(-n2c3ccccc3c3c4oc5ccccc5c4ccc32)c(-n2c3ccccc3c3ccccc32)c1-n1c2ccccc2c2c3oc4ccccc4c3ccc21. The smallest absolute Gasteiger partial charge is 0.202 e. The van der Waals surface area contributed by atoms with Crippen molar-refractivity contribution < 1.29 is 8.83 Å². The van der Waals surface area contributed by atoms with E-state index in [0.29, 0.717) is 28.4 Å². The van der Waals surface area contributed by atoms with E-state index >= 15 is 0 Å². The van der Waals surface area contributed by atoms with Crippen molar-refractivity contribution in [2.45, 2.75) is 0 Å². The molecule has 0 saturated carbocycles. The Labute approximate surface area is 357 Å². The predicted molar refractivity (Wildman–Crippen MR) is 257 cm³/mol. The Balaban J connectivity index is 1.25. The van der Waals surface area contributed by atoms with E-state index in [-0.39, 0.29) is 0 Å². The average molecular weight is 804 g/mol. The highest BCUT2D eigenvalue weighted by molar-refractivity contribution is 6.26. The summed E-state index contributed by atoms with van der Waals surface area (Å²) in [6.45, 7) is 17.9. The quantitative estimate of drug-likeness (QED) is 0.167. The summed E-state index contributed by atoms with van der Waals surface area (Å²) in [5.74, 6) is 0. The summed E-state index contributed by atoms with van der Waals surface area (Å²) < 4.78 is 20.2. The maximum Gasteiger partial charge on any atom is 0.202 e. The molecule has 0 radical (unpaired) electrons. The van der Waals surface area contributed by atoms with Gasteiger partial charge < -0.3 is 22.5 Å². The number of hydrogen-bond donors (Lipinski definition) is 0. The number of benzene rings is 9. The molecule has 0 saturated heterocycles. The lowest BCUT2D eigenvalue weighted by Crippen LogP contribution is -2.09. The maximum absolute atomic E-state index is 8.94. The van der Waals surface area contributed by atoms with E-state index in [9.17, 15) is 0 Å². The number of furan rings is 2. The molecule has 0 unspecified atom stereocenters. The van der Waals surface area contributed by atoms with Gasteiger partial charge in [0.05, 0.1) is 74.1 Å². The molecule has 0 atom stereocenters. The molecule has 14 aromatic rings. The summed E-state index contributed by atoms with van der Waals surface area (Å²) in [5, 5.41) is 10.2. The minimum atomic E-state index is 0.356. The van der Waals surface area contributed by atoms with Crippen LogP contribution in [0.1, 0.15) is 0 Å². The molecule has 0 bridgehead atoms. The molecular formula is C56H29N5O2. The number of hydrogen-bond acceptors (Lipinski definition) is 2. The molecule has 9 aromatic carbocycles. The van der Waals surface area contributed by atoms with E-state index in [1.165, 1.54) is 0 Å². The molecule has 14 rings (SSSR count). The summed E-state index contributed by atoms with van der Waals surface area (Å²) in [5.41, 5.74) is 11.5. The van der Waals surface area contributed by atoms with Crippen LogP contribution in [-0.2, 0) is 0 Å². The first-order valence-corrected chi connectivity index (χ1v) is 20.8. The van der Waals surface area contributed by atoms with Crippen LogP contribution < -0.4 is 0 Å². The Morgan fingerprint density at radius 1 is 0.317 bits per heavy atom. The highest BCUT2D eigenvalue weighted by Gasteiger charge is 2.31. The van der Waals surface area contributed by atoms with E-state index in [4.69, 9.17) is 22.0 Å². The molecule has 63 heavy (non-hydrogen) atoms. The fourth-order valence-corrected chi connectivity index (χ4v) is 10.6. The molecule has 0 amide bonds. The first kappa shape index (κ1) is 33.8. The molecule has 0 spiro atoms. The standard InChI is InChI=1S/C56H29N5O2/c1-57-40-31-41(58-2)53(61-45-24-12-6-20-39(45)51-47(61)30-28-37-35-18-8-14-26-49(35)63-56(37)51)54(59-42-21-9-3-15-32(42)33-16-4-10-22-43(33)59)52(40)60-44-23-11-5-19-38(44)50-46(60)29-27-36-34-17-7-13-25-48(34)62-55(36)50/h3-31H. The Hall–Kier alpha value is -9.04. The second-order valence-electron chi connectivity index (χ2n) is 16.1. The van der Waals surface area contributed by atoms with Crippen molar-refractivity contribution in [3.05, 3.63) is 199 Å². The van der Waals surface area contributed by atoms with Gasteiger partial charge in [-0.1, -0.05) is 109 Å². The number of fused-ring (bicyclic) bond motifs is 17. The third kappa shape index (κ3) is 4.29. The van der Waals surface area contributed by atoms with Crippen molar-refractivity contribution in [2.24, 2.45) is 0 Å². The molecule has 290 valence electrons. The van der Waals surface area contributed by atoms with Crippen molar-refractivity contribution >= 4 is 121 Å². The number of rotatable bonds is 3. The fraction of sp³-hybridized carbons (Fsp3) is 0. The van der Waals surface area contributed by atoms with Crippen LogP contribution in [0.15, 0.2) is 185 Å². The van der Waals surface area contributed by atoms with Crippen molar-refractivity contribution in [1.82, 2.24) is 13.7 Å². The zero-order chi connectivity index (χ0) is 41.5. The molecule has 7 nitrogen and oxygen atoms in total. The third-order valence-corrected chi connectivity index (χ3v) is 13.1. The lowest BCUT2D eigenvalue weighted by Gasteiger charge is -2.24. The molecule has 0 N–H and O–H groups in total. The van der Waals surface area contributed by atoms with Crippen LogP contribution in [0.3, 0.4) is 0 Å². The monoisotopic (exact) mass is 803 g/mol. The van der Waals surface area contributed by atoms with Gasteiger partial charge in [0.1, 0.15) is 22.3 Å². The van der Waals surface area contributed by atoms with Crippen LogP contribution in [0, 0.1) is 13.1 Å². The topological polar surface area (TPSA) is 49.8 Å². The lowest BCUT2D eigenvalue weighted by atomic mass is 10.1. The minimum Gasteiger partial charge on any atom is -0.455 e. The molecular weight excluding hydrogens is 775 g/mol. The van der Waals surface area contributed by atoms with Crippen LogP contribution in [0.25, 0.3) is 136 Å². The van der Waals surface area contributed by atoms with Crippen LogP contribution in [-0.4, -0.2) is 13.7 Å². The highest BCUT2D eigenvalue weighted by atomic mass is 16.3. The first-order valence-electron chi connectivity index (χ1n) is 20.8. The third-order valence-electron chi connectivity index (χ3n) is 13.1. The van der Waals surface area contributed by atoms with Gasteiger partial charge in [-0.3, -0.25) is 0 Å². The zero-order valence-electron chi connectivity index (χ0n) is 33.3. The second-order valence-corrected chi connectivity index (χ2v) is 16.1. The Kier molecular flexibility index (Phi) is 6.57. The van der Waals surface area contributed by atoms with Crippen LogP contribution in [0.4, 0.5) is 11.4 Å². The van der Waals surface area contributed by atoms with E-state index < -0.39 is 0 Å². The van der Waals surface area contributed by atoms with Gasteiger partial charge in [-0.05, 0) is 66.7 Å². The van der Waals surface area contributed by atoms with Gasteiger partial charge in [-0.2, -0.15) is 0 Å². The molecule has 0 fully saturated rings. The van der Waals surface area contributed by atoms with E-state index in [0.717, 1.165) is 109 Å². The van der Waals surface area contributed by atoms with Crippen LogP contribution in [0.2, 0.25) is 0 Å². The highest BCUT2D eigenvalue weighted by Crippen LogP contribution is 2.51. The van der Waals surface area contributed by atoms with Crippen LogP contribution in [0.5, 0.6) is 0 Å². The van der Waals surface area contributed by atoms with Crippen LogP contribution >= 0.6 is 0 Å². The predicted octanol–water partition coefficient (Wildman–Crippen LogP) is 15.9.